The summed E-state index contributed by atoms with van der Waals surface area (Å²) in [6.07, 6.45) is 4.20. The van der Waals surface area contributed by atoms with E-state index in [9.17, 15) is 8.42 Å². The normalized spacial score (nSPS) is 18.4. The summed E-state index contributed by atoms with van der Waals surface area (Å²) in [5.74, 6) is 0. The predicted molar refractivity (Wildman–Crippen MR) is 95.8 cm³/mol. The summed E-state index contributed by atoms with van der Waals surface area (Å²) in [7, 11) is -3.62. The highest BCUT2D eigenvalue weighted by molar-refractivity contribution is 7.91. The second kappa shape index (κ2) is 7.72. The van der Waals surface area contributed by atoms with Gasteiger partial charge in [0.1, 0.15) is 28.9 Å². The summed E-state index contributed by atoms with van der Waals surface area (Å²) in [5, 5.41) is 3.84. The second-order valence-corrected chi connectivity index (χ2v) is 8.95. The molecular formula is C16H16N4O5S2. The lowest BCUT2D eigenvalue weighted by Crippen LogP contribution is -2.47. The SMILES string of the molecule is O=S(=O)(c1ccc(-c2ccon2)s1)N1CCOC(COc2ncccn2)C1. The highest BCUT2D eigenvalue weighted by Crippen LogP contribution is 2.32. The highest BCUT2D eigenvalue weighted by atomic mass is 32.2. The summed E-state index contributed by atoms with van der Waals surface area (Å²) < 4.78 is 43.5. The topological polar surface area (TPSA) is 108 Å². The third kappa shape index (κ3) is 4.00. The Labute approximate surface area is 159 Å². The Morgan fingerprint density at radius 3 is 2.89 bits per heavy atom. The van der Waals surface area contributed by atoms with E-state index in [2.05, 4.69) is 15.1 Å². The maximum atomic E-state index is 13.0. The van der Waals surface area contributed by atoms with Crippen molar-refractivity contribution in [3.8, 4) is 16.6 Å². The molecule has 0 radical (unpaired) electrons. The smallest absolute Gasteiger partial charge is 0.316 e. The average molecular weight is 408 g/mol. The molecule has 9 nitrogen and oxygen atoms in total. The van der Waals surface area contributed by atoms with E-state index in [1.807, 2.05) is 0 Å². The molecule has 1 fully saturated rings. The lowest BCUT2D eigenvalue weighted by Gasteiger charge is -2.31. The van der Waals surface area contributed by atoms with Crippen LogP contribution in [0, 0.1) is 0 Å². The highest BCUT2D eigenvalue weighted by Gasteiger charge is 2.32. The van der Waals surface area contributed by atoms with Crippen molar-refractivity contribution in [2.45, 2.75) is 10.3 Å². The zero-order valence-corrected chi connectivity index (χ0v) is 15.7. The molecule has 0 N–H and O–H groups in total. The van der Waals surface area contributed by atoms with Gasteiger partial charge in [0, 0.05) is 31.5 Å². The summed E-state index contributed by atoms with van der Waals surface area (Å²) in [5.41, 5.74) is 0.609. The second-order valence-electron chi connectivity index (χ2n) is 5.70. The minimum Gasteiger partial charge on any atom is -0.461 e. The molecule has 0 spiro atoms. The molecule has 4 heterocycles. The number of hydrogen-bond acceptors (Lipinski definition) is 9. The summed E-state index contributed by atoms with van der Waals surface area (Å²) in [4.78, 5) is 8.68. The van der Waals surface area contributed by atoms with Crippen molar-refractivity contribution in [2.75, 3.05) is 26.3 Å². The van der Waals surface area contributed by atoms with Crippen molar-refractivity contribution in [3.63, 3.8) is 0 Å². The van der Waals surface area contributed by atoms with Crippen molar-refractivity contribution in [2.24, 2.45) is 0 Å². The average Bonchev–Trinajstić information content (AvgIpc) is 3.39. The molecule has 0 aromatic carbocycles. The Balaban J connectivity index is 1.44. The van der Waals surface area contributed by atoms with Crippen LogP contribution in [-0.4, -0.2) is 60.3 Å². The van der Waals surface area contributed by atoms with Crippen molar-refractivity contribution < 1.29 is 22.4 Å². The van der Waals surface area contributed by atoms with Gasteiger partial charge in [-0.3, -0.25) is 0 Å². The van der Waals surface area contributed by atoms with Gasteiger partial charge in [-0.05, 0) is 18.2 Å². The Morgan fingerprint density at radius 2 is 2.11 bits per heavy atom. The van der Waals surface area contributed by atoms with Crippen LogP contribution in [0.15, 0.2) is 51.7 Å². The molecule has 0 aliphatic carbocycles. The molecule has 1 aliphatic rings. The molecule has 3 aromatic heterocycles. The third-order valence-corrected chi connectivity index (χ3v) is 7.35. The first-order chi connectivity index (χ1) is 13.1. The van der Waals surface area contributed by atoms with Gasteiger partial charge in [-0.1, -0.05) is 5.16 Å². The molecular weight excluding hydrogens is 392 g/mol. The fraction of sp³-hybridized carbons (Fsp3) is 0.312. The van der Waals surface area contributed by atoms with E-state index in [1.165, 1.54) is 10.6 Å². The van der Waals surface area contributed by atoms with Gasteiger partial charge in [-0.15, -0.1) is 11.3 Å². The molecule has 1 unspecified atom stereocenters. The fourth-order valence-corrected chi connectivity index (χ4v) is 5.48. The lowest BCUT2D eigenvalue weighted by atomic mass is 10.3. The predicted octanol–water partition coefficient (Wildman–Crippen LogP) is 1.66. The van der Waals surface area contributed by atoms with Crippen LogP contribution in [0.4, 0.5) is 0 Å². The number of rotatable bonds is 6. The summed E-state index contributed by atoms with van der Waals surface area (Å²) in [6.45, 7) is 0.958. The number of ether oxygens (including phenoxy) is 2. The number of morpholine rings is 1. The van der Waals surface area contributed by atoms with Crippen LogP contribution in [0.2, 0.25) is 0 Å². The van der Waals surface area contributed by atoms with Gasteiger partial charge >= 0.3 is 6.01 Å². The van der Waals surface area contributed by atoms with Crippen molar-refractivity contribution in [3.05, 3.63) is 42.9 Å². The van der Waals surface area contributed by atoms with Crippen molar-refractivity contribution >= 4 is 21.4 Å². The third-order valence-electron chi connectivity index (χ3n) is 3.91. The summed E-state index contributed by atoms with van der Waals surface area (Å²) in [6, 6.07) is 6.92. The molecule has 0 bridgehead atoms. The Hall–Kier alpha value is -2.34. The van der Waals surface area contributed by atoms with Gasteiger partial charge in [-0.2, -0.15) is 4.31 Å². The van der Waals surface area contributed by atoms with E-state index >= 15 is 0 Å². The van der Waals surface area contributed by atoms with E-state index in [0.717, 1.165) is 16.2 Å². The van der Waals surface area contributed by atoms with Gasteiger partial charge in [0.05, 0.1) is 11.5 Å². The Morgan fingerprint density at radius 1 is 1.26 bits per heavy atom. The number of nitrogens with zero attached hydrogens (tertiary/aromatic N) is 4. The quantitative estimate of drug-likeness (QED) is 0.606. The summed E-state index contributed by atoms with van der Waals surface area (Å²) >= 11 is 1.16. The molecule has 3 aromatic rings. The molecule has 1 saturated heterocycles. The van der Waals surface area contributed by atoms with E-state index in [0.29, 0.717) is 12.3 Å². The van der Waals surface area contributed by atoms with Crippen LogP contribution in [0.5, 0.6) is 6.01 Å². The van der Waals surface area contributed by atoms with Gasteiger partial charge in [0.2, 0.25) is 0 Å². The minimum absolute atomic E-state index is 0.171. The Kier molecular flexibility index (Phi) is 5.16. The molecule has 1 atom stereocenters. The number of aromatic nitrogens is 3. The van der Waals surface area contributed by atoms with Crippen LogP contribution in [0.25, 0.3) is 10.6 Å². The monoisotopic (exact) mass is 408 g/mol. The Bertz CT molecular complexity index is 975. The molecule has 4 rings (SSSR count). The number of hydrogen-bond donors (Lipinski definition) is 0. The zero-order chi connectivity index (χ0) is 18.7. The maximum absolute atomic E-state index is 13.0. The van der Waals surface area contributed by atoms with Crippen LogP contribution in [0.3, 0.4) is 0 Å². The van der Waals surface area contributed by atoms with Gasteiger partial charge in [0.15, 0.2) is 0 Å². The van der Waals surface area contributed by atoms with Gasteiger partial charge in [-0.25, -0.2) is 18.4 Å². The first-order valence-corrected chi connectivity index (χ1v) is 10.4. The van der Waals surface area contributed by atoms with E-state index in [1.54, 1.807) is 36.7 Å². The number of thiophene rings is 1. The van der Waals surface area contributed by atoms with Gasteiger partial charge < -0.3 is 14.0 Å². The molecule has 27 heavy (non-hydrogen) atoms. The van der Waals surface area contributed by atoms with Crippen molar-refractivity contribution in [1.82, 2.24) is 19.4 Å². The van der Waals surface area contributed by atoms with E-state index in [-0.39, 0.29) is 29.9 Å². The van der Waals surface area contributed by atoms with Gasteiger partial charge in [0.25, 0.3) is 10.0 Å². The fourth-order valence-electron chi connectivity index (χ4n) is 2.60. The minimum atomic E-state index is -3.62. The maximum Gasteiger partial charge on any atom is 0.316 e. The number of sulfonamides is 1. The first kappa shape index (κ1) is 18.0. The molecule has 1 aliphatic heterocycles. The first-order valence-electron chi connectivity index (χ1n) is 8.15. The van der Waals surface area contributed by atoms with Crippen LogP contribution >= 0.6 is 11.3 Å². The van der Waals surface area contributed by atoms with Crippen LogP contribution in [0.1, 0.15) is 0 Å². The molecule has 142 valence electrons. The van der Waals surface area contributed by atoms with Crippen LogP contribution < -0.4 is 4.74 Å². The lowest BCUT2D eigenvalue weighted by molar-refractivity contribution is -0.0264. The van der Waals surface area contributed by atoms with Crippen molar-refractivity contribution in [1.29, 1.82) is 0 Å². The molecule has 0 amide bonds. The standard InChI is InChI=1S/C16H16N4O5S2/c21-27(22,15-3-2-14(26-15)13-4-8-25-19-13)20-7-9-23-12(10-20)11-24-16-17-5-1-6-18-16/h1-6,8,12H,7,9-11H2. The van der Waals surface area contributed by atoms with Crippen LogP contribution in [-0.2, 0) is 14.8 Å². The molecule has 11 heteroatoms. The largest absolute Gasteiger partial charge is 0.461 e. The van der Waals surface area contributed by atoms with E-state index in [4.69, 9.17) is 14.0 Å². The van der Waals surface area contributed by atoms with E-state index < -0.39 is 16.1 Å². The molecule has 0 saturated carbocycles. The zero-order valence-electron chi connectivity index (χ0n) is 14.1.